The molecule has 2 aromatic heterocycles. The molecular formula is C18H20N4O3. The molecule has 2 fully saturated rings. The summed E-state index contributed by atoms with van der Waals surface area (Å²) >= 11 is 0. The zero-order valence-electron chi connectivity index (χ0n) is 13.8. The fraction of sp³-hybridized carbons (Fsp3) is 0.444. The van der Waals surface area contributed by atoms with Gasteiger partial charge in [0.15, 0.2) is 0 Å². The van der Waals surface area contributed by atoms with Crippen LogP contribution in [0.2, 0.25) is 0 Å². The summed E-state index contributed by atoms with van der Waals surface area (Å²) < 4.78 is 12.1. The maximum absolute atomic E-state index is 12.8. The summed E-state index contributed by atoms with van der Waals surface area (Å²) in [5.41, 5.74) is 1.47. The van der Waals surface area contributed by atoms with E-state index in [1.807, 2.05) is 17.0 Å². The number of hydrogen-bond acceptors (Lipinski definition) is 6. The first kappa shape index (κ1) is 16.1. The van der Waals surface area contributed by atoms with Gasteiger partial charge in [-0.25, -0.2) is 9.97 Å². The minimum Gasteiger partial charge on any atom is -0.373 e. The maximum Gasteiger partial charge on any atom is 0.273 e. The van der Waals surface area contributed by atoms with Crippen molar-refractivity contribution in [3.63, 3.8) is 0 Å². The molecule has 0 N–H and O–H groups in total. The quantitative estimate of drug-likeness (QED) is 0.839. The number of hydrogen-bond donors (Lipinski definition) is 0. The number of nitrogens with zero attached hydrogens (tertiary/aromatic N) is 4. The number of aromatic nitrogens is 3. The van der Waals surface area contributed by atoms with E-state index in [2.05, 4.69) is 15.0 Å². The van der Waals surface area contributed by atoms with E-state index in [1.54, 1.807) is 24.7 Å². The van der Waals surface area contributed by atoms with Crippen molar-refractivity contribution in [3.05, 3.63) is 54.4 Å². The Morgan fingerprint density at radius 1 is 1.24 bits per heavy atom. The topological polar surface area (TPSA) is 77.4 Å². The highest BCUT2D eigenvalue weighted by molar-refractivity contribution is 5.92. The average molecular weight is 340 g/mol. The number of amides is 1. The van der Waals surface area contributed by atoms with Gasteiger partial charge < -0.3 is 14.4 Å². The lowest BCUT2D eigenvalue weighted by atomic mass is 10.0. The van der Waals surface area contributed by atoms with Crippen molar-refractivity contribution >= 4 is 5.91 Å². The van der Waals surface area contributed by atoms with Crippen LogP contribution in [-0.2, 0) is 16.1 Å². The molecule has 0 aromatic carbocycles. The first-order valence-corrected chi connectivity index (χ1v) is 8.52. The normalized spacial score (nSPS) is 25.6. The maximum atomic E-state index is 12.8. The molecule has 2 aliphatic heterocycles. The third-order valence-corrected chi connectivity index (χ3v) is 4.75. The van der Waals surface area contributed by atoms with Gasteiger partial charge >= 0.3 is 0 Å². The molecule has 0 saturated carbocycles. The molecule has 7 heteroatoms. The van der Waals surface area contributed by atoms with Gasteiger partial charge in [-0.2, -0.15) is 0 Å². The Morgan fingerprint density at radius 3 is 2.88 bits per heavy atom. The number of ether oxygens (including phenoxy) is 2. The molecule has 4 heterocycles. The third kappa shape index (κ3) is 3.38. The summed E-state index contributed by atoms with van der Waals surface area (Å²) in [6.07, 6.45) is 8.14. The van der Waals surface area contributed by atoms with E-state index in [1.165, 1.54) is 6.33 Å². The Balaban J connectivity index is 1.48. The SMILES string of the molecule is O=C(c1ccncn1)N1C[C@@H](OCc2ccncc2)[C@H]2OCCC[C@H]21. The third-order valence-electron chi connectivity index (χ3n) is 4.75. The summed E-state index contributed by atoms with van der Waals surface area (Å²) in [6, 6.07) is 5.54. The molecule has 25 heavy (non-hydrogen) atoms. The number of carbonyl (C=O) groups is 1. The van der Waals surface area contributed by atoms with E-state index in [9.17, 15) is 4.79 Å². The molecule has 130 valence electrons. The van der Waals surface area contributed by atoms with Crippen LogP contribution in [0.25, 0.3) is 0 Å². The highest BCUT2D eigenvalue weighted by Gasteiger charge is 2.47. The Hall–Kier alpha value is -2.38. The highest BCUT2D eigenvalue weighted by atomic mass is 16.5. The second kappa shape index (κ2) is 7.25. The van der Waals surface area contributed by atoms with Crippen molar-refractivity contribution in [3.8, 4) is 0 Å². The number of carbonyl (C=O) groups excluding carboxylic acids is 1. The summed E-state index contributed by atoms with van der Waals surface area (Å²) in [6.45, 7) is 1.71. The Bertz CT molecular complexity index is 713. The number of rotatable bonds is 4. The number of fused-ring (bicyclic) bond motifs is 1. The standard InChI is InChI=1S/C18H20N4O3/c23-18(14-5-8-20-12-21-14)22-10-16(17-15(22)2-1-9-24-17)25-11-13-3-6-19-7-4-13/h3-8,12,15-17H,1-2,9-11H2/t15-,16-,17+/m1/s1. The predicted molar refractivity (Wildman–Crippen MR) is 88.6 cm³/mol. The monoisotopic (exact) mass is 340 g/mol. The molecular weight excluding hydrogens is 320 g/mol. The van der Waals surface area contributed by atoms with Crippen LogP contribution in [0, 0.1) is 0 Å². The van der Waals surface area contributed by atoms with E-state index in [-0.39, 0.29) is 24.2 Å². The van der Waals surface area contributed by atoms with E-state index in [0.29, 0.717) is 25.5 Å². The van der Waals surface area contributed by atoms with E-state index >= 15 is 0 Å². The highest BCUT2D eigenvalue weighted by Crippen LogP contribution is 2.32. The molecule has 0 unspecified atom stereocenters. The van der Waals surface area contributed by atoms with Gasteiger partial charge in [0.2, 0.25) is 0 Å². The zero-order chi connectivity index (χ0) is 17.1. The lowest BCUT2D eigenvalue weighted by molar-refractivity contribution is -0.0809. The van der Waals surface area contributed by atoms with Crippen LogP contribution in [0.4, 0.5) is 0 Å². The van der Waals surface area contributed by atoms with Crippen LogP contribution < -0.4 is 0 Å². The molecule has 1 amide bonds. The lowest BCUT2D eigenvalue weighted by Gasteiger charge is -2.32. The van der Waals surface area contributed by atoms with Gasteiger partial charge in [-0.15, -0.1) is 0 Å². The van der Waals surface area contributed by atoms with Gasteiger partial charge in [-0.05, 0) is 36.6 Å². The van der Waals surface area contributed by atoms with Crippen LogP contribution >= 0.6 is 0 Å². The number of pyridine rings is 1. The van der Waals surface area contributed by atoms with Crippen molar-refractivity contribution in [1.82, 2.24) is 19.9 Å². The van der Waals surface area contributed by atoms with E-state index in [0.717, 1.165) is 18.4 Å². The molecule has 0 radical (unpaired) electrons. The number of likely N-dealkylation sites (tertiary alicyclic amines) is 1. The van der Waals surface area contributed by atoms with Gasteiger partial charge in [0.25, 0.3) is 5.91 Å². The van der Waals surface area contributed by atoms with Crippen LogP contribution in [-0.4, -0.2) is 57.2 Å². The molecule has 4 rings (SSSR count). The van der Waals surface area contributed by atoms with Gasteiger partial charge in [0.05, 0.1) is 19.2 Å². The second-order valence-electron chi connectivity index (χ2n) is 6.30. The van der Waals surface area contributed by atoms with Crippen LogP contribution in [0.1, 0.15) is 28.9 Å². The van der Waals surface area contributed by atoms with Gasteiger partial charge in [0, 0.05) is 25.2 Å². The summed E-state index contributed by atoms with van der Waals surface area (Å²) in [5.74, 6) is -0.0853. The van der Waals surface area contributed by atoms with Crippen molar-refractivity contribution < 1.29 is 14.3 Å². The van der Waals surface area contributed by atoms with Crippen molar-refractivity contribution in [2.45, 2.75) is 37.7 Å². The average Bonchev–Trinajstić information content (AvgIpc) is 3.06. The Morgan fingerprint density at radius 2 is 2.08 bits per heavy atom. The minimum atomic E-state index is -0.135. The van der Waals surface area contributed by atoms with Crippen LogP contribution in [0.5, 0.6) is 0 Å². The van der Waals surface area contributed by atoms with Gasteiger partial charge in [-0.1, -0.05) is 0 Å². The minimum absolute atomic E-state index is 0.0404. The van der Waals surface area contributed by atoms with Crippen LogP contribution in [0.15, 0.2) is 43.1 Å². The molecule has 0 aliphatic carbocycles. The fourth-order valence-corrected chi connectivity index (χ4v) is 3.54. The van der Waals surface area contributed by atoms with Gasteiger partial charge in [-0.3, -0.25) is 9.78 Å². The summed E-state index contributed by atoms with van der Waals surface area (Å²) in [4.78, 5) is 26.7. The fourth-order valence-electron chi connectivity index (χ4n) is 3.54. The zero-order valence-corrected chi connectivity index (χ0v) is 13.8. The largest absolute Gasteiger partial charge is 0.373 e. The van der Waals surface area contributed by atoms with E-state index < -0.39 is 0 Å². The van der Waals surface area contributed by atoms with E-state index in [4.69, 9.17) is 9.47 Å². The summed E-state index contributed by atoms with van der Waals surface area (Å²) in [5, 5.41) is 0. The molecule has 2 aromatic rings. The first-order chi connectivity index (χ1) is 12.3. The van der Waals surface area contributed by atoms with Gasteiger partial charge in [0.1, 0.15) is 24.2 Å². The Kier molecular flexibility index (Phi) is 4.67. The van der Waals surface area contributed by atoms with Crippen LogP contribution in [0.3, 0.4) is 0 Å². The second-order valence-corrected chi connectivity index (χ2v) is 6.30. The predicted octanol–water partition coefficient (Wildman–Crippen LogP) is 1.46. The Labute approximate surface area is 146 Å². The molecule has 2 saturated heterocycles. The van der Waals surface area contributed by atoms with Crippen molar-refractivity contribution in [2.75, 3.05) is 13.2 Å². The molecule has 0 bridgehead atoms. The van der Waals surface area contributed by atoms with Crippen molar-refractivity contribution in [2.24, 2.45) is 0 Å². The van der Waals surface area contributed by atoms with Crippen molar-refractivity contribution in [1.29, 1.82) is 0 Å². The molecule has 7 nitrogen and oxygen atoms in total. The first-order valence-electron chi connectivity index (χ1n) is 8.52. The smallest absolute Gasteiger partial charge is 0.273 e. The summed E-state index contributed by atoms with van der Waals surface area (Å²) in [7, 11) is 0. The molecule has 0 spiro atoms. The molecule has 2 aliphatic rings. The molecule has 3 atom stereocenters. The lowest BCUT2D eigenvalue weighted by Crippen LogP contribution is -2.44.